The minimum Gasteiger partial charge on any atom is -0.490 e. The standard InChI is InChI=1S/C53H61N3O10/c1-4-7-31-63-52(59)55(35-40-18-14-17-38-15-8-9-19-43(38)40)49-34-47(54-65-36-37-21-23-41(24-22-37)56(60)61)45-32-39(16-10-12-27-57)44(20-11-13-28-58)50-46-33-42(62-29-5-2)25-26-48(46)66-53(49,51(45)50)64-30-6-3/h4-6,8-9,14-15,17-19,21-26,32-33,39,44,49-51,57-58H,1-3,7,10-13,16,20,27-31,34-36H2/t39-,44+,49-,50+,51+,53+/m0/s1. The van der Waals surface area contributed by atoms with Gasteiger partial charge in [0.2, 0.25) is 5.79 Å². The number of nitrogens with zero attached hydrogens (tertiary/aromatic N) is 3. The lowest BCUT2D eigenvalue weighted by Gasteiger charge is -2.60. The number of rotatable bonds is 24. The van der Waals surface area contributed by atoms with E-state index in [-0.39, 0.29) is 69.4 Å². The van der Waals surface area contributed by atoms with Gasteiger partial charge >= 0.3 is 6.09 Å². The summed E-state index contributed by atoms with van der Waals surface area (Å²) in [6.07, 6.45) is 11.7. The van der Waals surface area contributed by atoms with Gasteiger partial charge in [-0.15, -0.1) is 13.2 Å². The Morgan fingerprint density at radius 1 is 0.924 bits per heavy atom. The number of hydrogen-bond acceptors (Lipinski definition) is 11. The third kappa shape index (κ3) is 10.5. The van der Waals surface area contributed by atoms with E-state index >= 15 is 0 Å². The molecule has 3 aliphatic rings. The zero-order chi connectivity index (χ0) is 46.5. The second-order valence-electron chi connectivity index (χ2n) is 17.0. The van der Waals surface area contributed by atoms with E-state index in [1.165, 1.54) is 12.1 Å². The lowest BCUT2D eigenvalue weighted by Crippen LogP contribution is -2.70. The molecule has 7 rings (SSSR count). The van der Waals surface area contributed by atoms with E-state index in [2.05, 4.69) is 25.8 Å². The van der Waals surface area contributed by atoms with Gasteiger partial charge in [0.15, 0.2) is 0 Å². The normalized spacial score (nSPS) is 22.2. The SMILES string of the molecule is C=CCCOC(=O)N(Cc1cccc2ccccc12)[C@H]1CC(=NOCc2ccc([N+](=O)[O-])cc2)C2=C[C@H](CCCCO)[C@@H](CCCCO)[C@@H]3c4cc(OCC=C)ccc4O[C@@]1(OCC=C)[C@H]23. The van der Waals surface area contributed by atoms with Crippen molar-refractivity contribution in [1.82, 2.24) is 4.90 Å². The fourth-order valence-corrected chi connectivity index (χ4v) is 10.0. The van der Waals surface area contributed by atoms with E-state index in [1.54, 1.807) is 35.3 Å². The number of unbranched alkanes of at least 4 members (excludes halogenated alkanes) is 2. The van der Waals surface area contributed by atoms with Gasteiger partial charge < -0.3 is 34.0 Å². The first kappa shape index (κ1) is 47.7. The van der Waals surface area contributed by atoms with E-state index in [0.29, 0.717) is 48.6 Å². The van der Waals surface area contributed by atoms with Gasteiger partial charge in [-0.3, -0.25) is 15.0 Å². The summed E-state index contributed by atoms with van der Waals surface area (Å²) >= 11 is 0. The Morgan fingerprint density at radius 3 is 2.42 bits per heavy atom. The maximum absolute atomic E-state index is 14.9. The van der Waals surface area contributed by atoms with E-state index < -0.39 is 28.8 Å². The number of allylic oxidation sites excluding steroid dienone is 1. The molecule has 1 fully saturated rings. The molecule has 66 heavy (non-hydrogen) atoms. The molecule has 13 nitrogen and oxygen atoms in total. The highest BCUT2D eigenvalue weighted by Crippen LogP contribution is 2.62. The van der Waals surface area contributed by atoms with Crippen LogP contribution in [0.15, 0.2) is 140 Å². The minimum absolute atomic E-state index is 0.0000842. The molecule has 1 saturated carbocycles. The van der Waals surface area contributed by atoms with E-state index in [1.807, 2.05) is 60.7 Å². The number of nitro benzene ring substituents is 1. The van der Waals surface area contributed by atoms with Gasteiger partial charge in [0, 0.05) is 43.2 Å². The van der Waals surface area contributed by atoms with Gasteiger partial charge in [0.25, 0.3) is 5.69 Å². The van der Waals surface area contributed by atoms with Gasteiger partial charge in [-0.05, 0) is 102 Å². The number of carbonyl (C=O) groups is 1. The number of oxime groups is 1. The first-order chi connectivity index (χ1) is 32.3. The summed E-state index contributed by atoms with van der Waals surface area (Å²) in [7, 11) is 0. The van der Waals surface area contributed by atoms with Crippen LogP contribution < -0.4 is 9.47 Å². The van der Waals surface area contributed by atoms with E-state index in [9.17, 15) is 25.1 Å². The topological polar surface area (TPSA) is 162 Å². The summed E-state index contributed by atoms with van der Waals surface area (Å²) in [5.41, 5.74) is 3.94. The van der Waals surface area contributed by atoms with Gasteiger partial charge in [-0.1, -0.05) is 91.3 Å². The van der Waals surface area contributed by atoms with Crippen molar-refractivity contribution in [3.05, 3.63) is 161 Å². The zero-order valence-electron chi connectivity index (χ0n) is 37.5. The van der Waals surface area contributed by atoms with Crippen molar-refractivity contribution in [2.24, 2.45) is 22.9 Å². The maximum Gasteiger partial charge on any atom is 0.410 e. The fraction of sp³-hybridized carbons (Fsp3) is 0.396. The third-order valence-electron chi connectivity index (χ3n) is 12.9. The Bertz CT molecular complexity index is 2390. The maximum atomic E-state index is 14.9. The van der Waals surface area contributed by atoms with Gasteiger partial charge in [0.05, 0.1) is 36.3 Å². The number of amides is 1. The molecule has 2 N–H and O–H groups in total. The molecule has 2 aliphatic carbocycles. The van der Waals surface area contributed by atoms with Gasteiger partial charge in [-0.25, -0.2) is 4.79 Å². The van der Waals surface area contributed by atoms with Crippen LogP contribution >= 0.6 is 0 Å². The second-order valence-corrected chi connectivity index (χ2v) is 17.0. The molecule has 0 saturated heterocycles. The van der Waals surface area contributed by atoms with Crippen LogP contribution in [0, 0.1) is 27.9 Å². The molecule has 0 spiro atoms. The lowest BCUT2D eigenvalue weighted by molar-refractivity contribution is -0.384. The molecule has 1 aliphatic heterocycles. The number of benzene rings is 4. The summed E-state index contributed by atoms with van der Waals surface area (Å²) < 4.78 is 26.8. The van der Waals surface area contributed by atoms with Gasteiger partial charge in [0.1, 0.15) is 30.8 Å². The van der Waals surface area contributed by atoms with Crippen molar-refractivity contribution >= 4 is 28.3 Å². The molecule has 0 radical (unpaired) electrons. The van der Waals surface area contributed by atoms with Crippen LogP contribution in [-0.4, -0.2) is 76.7 Å². The number of aliphatic hydroxyl groups is 2. The number of carbonyl (C=O) groups excluding carboxylic acids is 1. The van der Waals surface area contributed by atoms with Crippen LogP contribution in [0.25, 0.3) is 10.8 Å². The number of nitro groups is 1. The number of fused-ring (bicyclic) bond motifs is 3. The monoisotopic (exact) mass is 899 g/mol. The largest absolute Gasteiger partial charge is 0.490 e. The molecule has 0 bridgehead atoms. The predicted octanol–water partition coefficient (Wildman–Crippen LogP) is 10.4. The summed E-state index contributed by atoms with van der Waals surface area (Å²) in [6.45, 7) is 12.6. The van der Waals surface area contributed by atoms with Crippen molar-refractivity contribution in [3.63, 3.8) is 0 Å². The first-order valence-corrected chi connectivity index (χ1v) is 22.9. The Morgan fingerprint density at radius 2 is 1.68 bits per heavy atom. The van der Waals surface area contributed by atoms with Crippen LogP contribution in [-0.2, 0) is 27.5 Å². The second kappa shape index (κ2) is 22.8. The molecule has 4 aromatic rings. The van der Waals surface area contributed by atoms with Crippen molar-refractivity contribution in [3.8, 4) is 11.5 Å². The molecule has 0 unspecified atom stereocenters. The van der Waals surface area contributed by atoms with Crippen molar-refractivity contribution in [1.29, 1.82) is 0 Å². The molecular formula is C53H61N3O10. The number of aliphatic hydroxyl groups excluding tert-OH is 2. The molecule has 348 valence electrons. The highest BCUT2D eigenvalue weighted by Gasteiger charge is 2.65. The highest BCUT2D eigenvalue weighted by molar-refractivity contribution is 6.03. The third-order valence-corrected chi connectivity index (χ3v) is 12.9. The Labute approximate surface area is 386 Å². The summed E-state index contributed by atoms with van der Waals surface area (Å²) in [5, 5.41) is 38.3. The fourth-order valence-electron chi connectivity index (χ4n) is 10.0. The molecule has 1 heterocycles. The first-order valence-electron chi connectivity index (χ1n) is 22.9. The average molecular weight is 900 g/mol. The Balaban J connectivity index is 1.46. The molecule has 4 aromatic carbocycles. The Hall–Kier alpha value is -6.28. The zero-order valence-corrected chi connectivity index (χ0v) is 37.5. The number of hydrogen-bond donors (Lipinski definition) is 2. The van der Waals surface area contributed by atoms with Crippen LogP contribution in [0.2, 0.25) is 0 Å². The quantitative estimate of drug-likeness (QED) is 0.0300. The molecule has 6 atom stereocenters. The molecule has 13 heteroatoms. The summed E-state index contributed by atoms with van der Waals surface area (Å²) in [4.78, 5) is 33.8. The van der Waals surface area contributed by atoms with Gasteiger partial charge in [-0.2, -0.15) is 0 Å². The average Bonchev–Trinajstić information content (AvgIpc) is 3.33. The molecule has 0 aromatic heterocycles. The minimum atomic E-state index is -1.52. The van der Waals surface area contributed by atoms with Crippen LogP contribution in [0.3, 0.4) is 0 Å². The van der Waals surface area contributed by atoms with Crippen LogP contribution in [0.1, 0.15) is 74.0 Å². The van der Waals surface area contributed by atoms with Crippen molar-refractivity contribution in [2.75, 3.05) is 33.0 Å². The predicted molar refractivity (Wildman–Crippen MR) is 254 cm³/mol. The highest BCUT2D eigenvalue weighted by atomic mass is 16.7. The molecule has 1 amide bonds. The molecular weight excluding hydrogens is 839 g/mol. The van der Waals surface area contributed by atoms with Crippen molar-refractivity contribution in [2.45, 2.75) is 82.3 Å². The van der Waals surface area contributed by atoms with Crippen molar-refractivity contribution < 1.29 is 43.7 Å². The summed E-state index contributed by atoms with van der Waals surface area (Å²) in [6, 6.07) is 25.2. The lowest BCUT2D eigenvalue weighted by atomic mass is 9.55. The smallest absolute Gasteiger partial charge is 0.410 e. The number of ether oxygens (including phenoxy) is 4. The summed E-state index contributed by atoms with van der Waals surface area (Å²) in [5.74, 6) is -1.11. The van der Waals surface area contributed by atoms with E-state index in [0.717, 1.165) is 53.2 Å². The van der Waals surface area contributed by atoms with Crippen LogP contribution in [0.4, 0.5) is 10.5 Å². The number of non-ortho nitro benzene ring substituents is 1. The van der Waals surface area contributed by atoms with E-state index in [4.69, 9.17) is 28.9 Å². The van der Waals surface area contributed by atoms with Crippen LogP contribution in [0.5, 0.6) is 11.5 Å². The Kier molecular flexibility index (Phi) is 16.4.